The van der Waals surface area contributed by atoms with Gasteiger partial charge in [-0.2, -0.15) is 0 Å². The zero-order valence-electron chi connectivity index (χ0n) is 18.7. The van der Waals surface area contributed by atoms with Crippen LogP contribution in [0.3, 0.4) is 0 Å². The largest absolute Gasteiger partial charge is 0.480 e. The van der Waals surface area contributed by atoms with Gasteiger partial charge in [-0.1, -0.05) is 60.7 Å². The first kappa shape index (κ1) is 21.0. The summed E-state index contributed by atoms with van der Waals surface area (Å²) in [5, 5.41) is 9.62. The Hall–Kier alpha value is -3.61. The maximum absolute atomic E-state index is 13.6. The van der Waals surface area contributed by atoms with Gasteiger partial charge in [-0.25, -0.2) is 9.59 Å². The van der Waals surface area contributed by atoms with Crippen LogP contribution in [0.2, 0.25) is 0 Å². The number of carboxylic acids is 1. The minimum Gasteiger partial charge on any atom is -0.480 e. The van der Waals surface area contributed by atoms with Crippen LogP contribution in [0.15, 0.2) is 60.7 Å². The summed E-state index contributed by atoms with van der Waals surface area (Å²) in [4.78, 5) is 41.7. The molecule has 0 radical (unpaired) electrons. The van der Waals surface area contributed by atoms with E-state index in [-0.39, 0.29) is 24.5 Å². The maximum Gasteiger partial charge on any atom is 0.410 e. The standard InChI is InChI=1S/C27H26N2O5/c30-24(31)23-11-10-17-12-14-27(25(32)29(17)23)13-5-15-28(27)26(33)34-16-22-20-8-3-1-6-18(20)19-7-2-4-9-21(19)22/h1-4,6-9,12,14,17,22-23H,5,10-11,13,15-16H2,(H,30,31). The second kappa shape index (κ2) is 7.72. The molecule has 34 heavy (non-hydrogen) atoms. The first-order valence-electron chi connectivity index (χ1n) is 11.9. The third kappa shape index (κ3) is 2.92. The number of likely N-dealkylation sites (tertiary alicyclic amines) is 1. The van der Waals surface area contributed by atoms with Crippen LogP contribution in [0.1, 0.15) is 42.7 Å². The van der Waals surface area contributed by atoms with Gasteiger partial charge in [-0.3, -0.25) is 9.69 Å². The highest BCUT2D eigenvalue weighted by Crippen LogP contribution is 2.45. The van der Waals surface area contributed by atoms with Crippen LogP contribution in [0, 0.1) is 0 Å². The Bertz CT molecular complexity index is 1180. The fraction of sp³-hybridized carbons (Fsp3) is 0.370. The Morgan fingerprint density at radius 3 is 2.38 bits per heavy atom. The molecule has 3 heterocycles. The fourth-order valence-corrected chi connectivity index (χ4v) is 6.29. The molecule has 6 rings (SSSR count). The minimum atomic E-state index is -1.16. The maximum atomic E-state index is 13.6. The molecule has 2 saturated heterocycles. The number of aliphatic carboxylic acids is 1. The van der Waals surface area contributed by atoms with Gasteiger partial charge in [-0.05, 0) is 47.9 Å². The van der Waals surface area contributed by atoms with Crippen molar-refractivity contribution < 1.29 is 24.2 Å². The fourth-order valence-electron chi connectivity index (χ4n) is 6.29. The van der Waals surface area contributed by atoms with E-state index in [2.05, 4.69) is 24.3 Å². The first-order chi connectivity index (χ1) is 16.5. The summed E-state index contributed by atoms with van der Waals surface area (Å²) in [6.07, 6.45) is 5.38. The van der Waals surface area contributed by atoms with Crippen molar-refractivity contribution in [1.29, 1.82) is 0 Å². The van der Waals surface area contributed by atoms with E-state index in [0.29, 0.717) is 32.2 Å². The lowest BCUT2D eigenvalue weighted by atomic mass is 9.89. The number of carbonyl (C=O) groups is 3. The summed E-state index contributed by atoms with van der Waals surface area (Å²) >= 11 is 0. The number of nitrogens with zero attached hydrogens (tertiary/aromatic N) is 2. The normalized spacial score (nSPS) is 27.1. The van der Waals surface area contributed by atoms with Crippen molar-refractivity contribution in [3.63, 3.8) is 0 Å². The van der Waals surface area contributed by atoms with Crippen molar-refractivity contribution in [3.8, 4) is 11.1 Å². The molecule has 2 amide bonds. The van der Waals surface area contributed by atoms with Gasteiger partial charge < -0.3 is 14.7 Å². The number of rotatable bonds is 3. The van der Waals surface area contributed by atoms with Crippen LogP contribution in [0.5, 0.6) is 0 Å². The number of fused-ring (bicyclic) bond motifs is 4. The van der Waals surface area contributed by atoms with E-state index in [9.17, 15) is 19.5 Å². The molecule has 7 heteroatoms. The molecule has 7 nitrogen and oxygen atoms in total. The van der Waals surface area contributed by atoms with E-state index in [1.54, 1.807) is 0 Å². The quantitative estimate of drug-likeness (QED) is 0.708. The Kier molecular flexibility index (Phi) is 4.76. The van der Waals surface area contributed by atoms with Crippen molar-refractivity contribution in [3.05, 3.63) is 71.8 Å². The number of benzene rings is 2. The molecule has 1 spiro atoms. The molecule has 3 unspecified atom stereocenters. The summed E-state index contributed by atoms with van der Waals surface area (Å²) in [7, 11) is 0. The first-order valence-corrected chi connectivity index (χ1v) is 11.9. The van der Waals surface area contributed by atoms with Crippen LogP contribution in [-0.2, 0) is 14.3 Å². The third-order valence-corrected chi connectivity index (χ3v) is 7.89. The van der Waals surface area contributed by atoms with Gasteiger partial charge >= 0.3 is 12.1 Å². The zero-order valence-corrected chi connectivity index (χ0v) is 18.7. The second-order valence-electron chi connectivity index (χ2n) is 9.55. The second-order valence-corrected chi connectivity index (χ2v) is 9.55. The summed E-state index contributed by atoms with van der Waals surface area (Å²) in [6.45, 7) is 0.588. The molecule has 3 atom stereocenters. The van der Waals surface area contributed by atoms with E-state index in [1.165, 1.54) is 9.80 Å². The average Bonchev–Trinajstić information content (AvgIpc) is 3.55. The number of hydrogen-bond donors (Lipinski definition) is 1. The molecule has 0 saturated carbocycles. The molecular formula is C27H26N2O5. The summed E-state index contributed by atoms with van der Waals surface area (Å²) in [6, 6.07) is 15.2. The molecule has 1 N–H and O–H groups in total. The Labute approximate surface area is 197 Å². The average molecular weight is 459 g/mol. The van der Waals surface area contributed by atoms with E-state index < -0.39 is 23.6 Å². The smallest absolute Gasteiger partial charge is 0.410 e. The highest BCUT2D eigenvalue weighted by atomic mass is 16.6. The van der Waals surface area contributed by atoms with Crippen molar-refractivity contribution in [2.45, 2.75) is 49.2 Å². The predicted molar refractivity (Wildman–Crippen MR) is 124 cm³/mol. The highest BCUT2D eigenvalue weighted by Gasteiger charge is 2.56. The molecule has 2 fully saturated rings. The molecule has 1 aliphatic carbocycles. The van der Waals surface area contributed by atoms with Gasteiger partial charge in [0.15, 0.2) is 0 Å². The molecule has 0 aromatic heterocycles. The van der Waals surface area contributed by atoms with E-state index in [4.69, 9.17) is 4.74 Å². The Morgan fingerprint density at radius 1 is 1.03 bits per heavy atom. The Morgan fingerprint density at radius 2 is 1.71 bits per heavy atom. The SMILES string of the molecule is O=C(O)C1CCC2C=CC3(CCCN3C(=O)OCC3c4ccccc4-c4ccccc43)C(=O)N21. The van der Waals surface area contributed by atoms with Crippen molar-refractivity contribution in [2.24, 2.45) is 0 Å². The van der Waals surface area contributed by atoms with Gasteiger partial charge in [0.05, 0.1) is 6.04 Å². The summed E-state index contributed by atoms with van der Waals surface area (Å²) < 4.78 is 5.85. The van der Waals surface area contributed by atoms with Crippen molar-refractivity contribution in [1.82, 2.24) is 9.80 Å². The van der Waals surface area contributed by atoms with Crippen LogP contribution >= 0.6 is 0 Å². The highest BCUT2D eigenvalue weighted by molar-refractivity contribution is 5.97. The molecule has 2 aromatic carbocycles. The lowest BCUT2D eigenvalue weighted by molar-refractivity contribution is -0.153. The van der Waals surface area contributed by atoms with E-state index in [1.807, 2.05) is 36.4 Å². The summed E-state index contributed by atoms with van der Waals surface area (Å²) in [5.74, 6) is -1.35. The predicted octanol–water partition coefficient (Wildman–Crippen LogP) is 3.78. The number of carboxylic acid groups (broad SMARTS) is 1. The summed E-state index contributed by atoms with van der Waals surface area (Å²) in [5.41, 5.74) is 3.41. The van der Waals surface area contributed by atoms with Gasteiger partial charge in [0.25, 0.3) is 5.91 Å². The molecule has 174 valence electrons. The lowest BCUT2D eigenvalue weighted by Crippen LogP contribution is -2.62. The molecule has 4 aliphatic rings. The topological polar surface area (TPSA) is 87.1 Å². The number of hydrogen-bond acceptors (Lipinski definition) is 4. The van der Waals surface area contributed by atoms with Gasteiger partial charge in [0, 0.05) is 12.5 Å². The lowest BCUT2D eigenvalue weighted by Gasteiger charge is -2.42. The van der Waals surface area contributed by atoms with Crippen molar-refractivity contribution >= 4 is 18.0 Å². The number of ether oxygens (including phenoxy) is 1. The molecule has 0 bridgehead atoms. The van der Waals surface area contributed by atoms with E-state index >= 15 is 0 Å². The van der Waals surface area contributed by atoms with E-state index in [0.717, 1.165) is 22.3 Å². The van der Waals surface area contributed by atoms with Crippen LogP contribution in [-0.4, -0.2) is 63.7 Å². The minimum absolute atomic E-state index is 0.0631. The van der Waals surface area contributed by atoms with Gasteiger partial charge in [0.2, 0.25) is 0 Å². The van der Waals surface area contributed by atoms with Crippen LogP contribution in [0.25, 0.3) is 11.1 Å². The monoisotopic (exact) mass is 458 g/mol. The number of carbonyl (C=O) groups excluding carboxylic acids is 2. The van der Waals surface area contributed by atoms with Gasteiger partial charge in [-0.15, -0.1) is 0 Å². The third-order valence-electron chi connectivity index (χ3n) is 7.89. The molecule has 3 aliphatic heterocycles. The van der Waals surface area contributed by atoms with Crippen molar-refractivity contribution in [2.75, 3.05) is 13.2 Å². The zero-order chi connectivity index (χ0) is 23.4. The van der Waals surface area contributed by atoms with Crippen LogP contribution < -0.4 is 0 Å². The van der Waals surface area contributed by atoms with Crippen LogP contribution in [0.4, 0.5) is 4.79 Å². The number of amides is 2. The Balaban J connectivity index is 1.24. The molecule has 2 aromatic rings. The molecular weight excluding hydrogens is 432 g/mol. The van der Waals surface area contributed by atoms with Gasteiger partial charge in [0.1, 0.15) is 18.2 Å².